The summed E-state index contributed by atoms with van der Waals surface area (Å²) in [4.78, 5) is 14.2. The molecule has 0 aliphatic carbocycles. The predicted molar refractivity (Wildman–Crippen MR) is 141 cm³/mol. The lowest BCUT2D eigenvalue weighted by atomic mass is 9.98. The van der Waals surface area contributed by atoms with Crippen molar-refractivity contribution in [2.75, 3.05) is 19.7 Å². The first kappa shape index (κ1) is 28.6. The fraction of sp³-hybridized carbons (Fsp3) is 0.345. The van der Waals surface area contributed by atoms with Crippen molar-refractivity contribution in [1.29, 1.82) is 0 Å². The molecule has 4 rings (SSSR count). The molecule has 0 spiro atoms. The lowest BCUT2D eigenvalue weighted by molar-refractivity contribution is -0.139. The maximum absolute atomic E-state index is 13.7. The van der Waals surface area contributed by atoms with Crippen LogP contribution in [0.2, 0.25) is 0 Å². The molecule has 6 nitrogen and oxygen atoms in total. The highest BCUT2D eigenvalue weighted by Crippen LogP contribution is 2.37. The van der Waals surface area contributed by atoms with Crippen molar-refractivity contribution in [3.63, 3.8) is 0 Å². The summed E-state index contributed by atoms with van der Waals surface area (Å²) >= 11 is 0. The summed E-state index contributed by atoms with van der Waals surface area (Å²) in [6, 6.07) is 21.6. The second-order valence-electron chi connectivity index (χ2n) is 9.65. The molecule has 39 heavy (non-hydrogen) atoms. The zero-order chi connectivity index (χ0) is 27.9. The van der Waals surface area contributed by atoms with Crippen LogP contribution in [0, 0.1) is 5.92 Å². The molecule has 0 aromatic heterocycles. The van der Waals surface area contributed by atoms with E-state index in [1.54, 1.807) is 29.2 Å². The van der Waals surface area contributed by atoms with Gasteiger partial charge in [0.2, 0.25) is 5.91 Å². The van der Waals surface area contributed by atoms with Crippen LogP contribution in [0.1, 0.15) is 36.0 Å². The Kier molecular flexibility index (Phi) is 9.29. The summed E-state index contributed by atoms with van der Waals surface area (Å²) in [6.45, 7) is 0.904. The Morgan fingerprint density at radius 1 is 0.897 bits per heavy atom. The number of likely N-dealkylation sites (tertiary alicyclic amines) is 1. The van der Waals surface area contributed by atoms with Gasteiger partial charge >= 0.3 is 6.18 Å². The van der Waals surface area contributed by atoms with Gasteiger partial charge in [-0.15, -0.1) is 0 Å². The molecule has 10 heteroatoms. The molecule has 1 amide bonds. The lowest BCUT2D eigenvalue weighted by Crippen LogP contribution is -2.53. The molecule has 1 fully saturated rings. The summed E-state index contributed by atoms with van der Waals surface area (Å²) in [5.74, 6) is -1.38. The zero-order valence-electron chi connectivity index (χ0n) is 21.4. The first-order valence-electron chi connectivity index (χ1n) is 12.8. The standard InChI is InChI=1S/C29H31F3N2O4S/c30-29(31,32)26-18-23(15-16-27(26)38-17-9-3-6-12-22-10-4-1-5-11-22)19-34-20-24(21-34)28(35)33-39(36,37)25-13-7-2-8-14-25/h1-2,4-5,7-8,10-11,13-16,18,24H,3,6,9,12,17,19-21H2,(H,33,35). The molecule has 1 aliphatic rings. The van der Waals surface area contributed by atoms with Crippen molar-refractivity contribution >= 4 is 15.9 Å². The minimum absolute atomic E-state index is 0.0105. The molecule has 3 aromatic carbocycles. The summed E-state index contributed by atoms with van der Waals surface area (Å²) in [5.41, 5.74) is 0.848. The Labute approximate surface area is 226 Å². The first-order chi connectivity index (χ1) is 18.6. The van der Waals surface area contributed by atoms with Gasteiger partial charge in [-0.25, -0.2) is 13.1 Å². The van der Waals surface area contributed by atoms with E-state index in [1.165, 1.54) is 23.8 Å². The van der Waals surface area contributed by atoms with E-state index < -0.39 is 33.6 Å². The number of ether oxygens (including phenoxy) is 1. The minimum atomic E-state index is -4.57. The minimum Gasteiger partial charge on any atom is -0.493 e. The number of carbonyl (C=O) groups excluding carboxylic acids is 1. The maximum Gasteiger partial charge on any atom is 0.419 e. The van der Waals surface area contributed by atoms with Crippen molar-refractivity contribution < 1.29 is 31.1 Å². The number of nitrogens with zero attached hydrogens (tertiary/aromatic N) is 1. The number of alkyl halides is 3. The molecule has 1 heterocycles. The molecule has 1 aliphatic heterocycles. The molecule has 0 atom stereocenters. The summed E-state index contributed by atoms with van der Waals surface area (Å²) < 4.78 is 73.5. The van der Waals surface area contributed by atoms with E-state index >= 15 is 0 Å². The van der Waals surface area contributed by atoms with Gasteiger partial charge in [0.1, 0.15) is 5.75 Å². The fourth-order valence-corrected chi connectivity index (χ4v) is 5.52. The number of nitrogens with one attached hydrogen (secondary N) is 1. The van der Waals surface area contributed by atoms with Crippen LogP contribution in [-0.2, 0) is 34.0 Å². The van der Waals surface area contributed by atoms with Gasteiger partial charge in [0, 0.05) is 19.6 Å². The molecule has 208 valence electrons. The van der Waals surface area contributed by atoms with Crippen LogP contribution in [0.25, 0.3) is 0 Å². The Morgan fingerprint density at radius 2 is 1.56 bits per heavy atom. The Morgan fingerprint density at radius 3 is 2.23 bits per heavy atom. The number of amides is 1. The molecular formula is C29H31F3N2O4S. The van der Waals surface area contributed by atoms with Crippen LogP contribution in [0.4, 0.5) is 13.2 Å². The highest BCUT2D eigenvalue weighted by molar-refractivity contribution is 7.90. The molecule has 0 bridgehead atoms. The van der Waals surface area contributed by atoms with Crippen LogP contribution < -0.4 is 9.46 Å². The first-order valence-corrected chi connectivity index (χ1v) is 14.3. The van der Waals surface area contributed by atoms with Gasteiger partial charge in [0.25, 0.3) is 10.0 Å². The Bertz CT molecular complexity index is 1340. The molecule has 0 radical (unpaired) electrons. The van der Waals surface area contributed by atoms with Gasteiger partial charge in [-0.1, -0.05) is 54.6 Å². The van der Waals surface area contributed by atoms with Crippen molar-refractivity contribution in [1.82, 2.24) is 9.62 Å². The lowest BCUT2D eigenvalue weighted by Gasteiger charge is -2.38. The fourth-order valence-electron chi connectivity index (χ4n) is 4.45. The van der Waals surface area contributed by atoms with Crippen LogP contribution in [-0.4, -0.2) is 38.9 Å². The summed E-state index contributed by atoms with van der Waals surface area (Å²) in [6.07, 6.45) is -1.20. The van der Waals surface area contributed by atoms with Crippen molar-refractivity contribution in [2.24, 2.45) is 5.92 Å². The highest BCUT2D eigenvalue weighted by atomic mass is 32.2. The van der Waals surface area contributed by atoms with Crippen LogP contribution in [0.15, 0.2) is 83.8 Å². The van der Waals surface area contributed by atoms with Gasteiger partial charge in [-0.05, 0) is 61.1 Å². The summed E-state index contributed by atoms with van der Waals surface area (Å²) in [5, 5.41) is 0. The number of rotatable bonds is 12. The number of sulfonamides is 1. The maximum atomic E-state index is 13.7. The second kappa shape index (κ2) is 12.7. The molecule has 0 unspecified atom stereocenters. The Hall–Kier alpha value is -3.37. The molecule has 0 saturated carbocycles. The van der Waals surface area contributed by atoms with Gasteiger partial charge in [-0.2, -0.15) is 13.2 Å². The number of carbonyl (C=O) groups is 1. The molecular weight excluding hydrogens is 529 g/mol. The Balaban J connectivity index is 1.25. The van der Waals surface area contributed by atoms with E-state index in [4.69, 9.17) is 4.74 Å². The van der Waals surface area contributed by atoms with Crippen LogP contribution in [0.5, 0.6) is 5.75 Å². The van der Waals surface area contributed by atoms with Crippen molar-refractivity contribution in [3.8, 4) is 5.75 Å². The van der Waals surface area contributed by atoms with E-state index in [0.29, 0.717) is 12.0 Å². The number of hydrogen-bond acceptors (Lipinski definition) is 5. The second-order valence-corrected chi connectivity index (χ2v) is 11.3. The van der Waals surface area contributed by atoms with Gasteiger partial charge in [0.05, 0.1) is 23.0 Å². The zero-order valence-corrected chi connectivity index (χ0v) is 22.2. The highest BCUT2D eigenvalue weighted by Gasteiger charge is 2.37. The van der Waals surface area contributed by atoms with Crippen LogP contribution >= 0.6 is 0 Å². The van der Waals surface area contributed by atoms with E-state index in [0.717, 1.165) is 25.3 Å². The number of hydrogen-bond donors (Lipinski definition) is 1. The molecule has 1 N–H and O–H groups in total. The largest absolute Gasteiger partial charge is 0.493 e. The van der Waals surface area contributed by atoms with E-state index in [1.807, 2.05) is 18.2 Å². The van der Waals surface area contributed by atoms with Gasteiger partial charge in [-0.3, -0.25) is 9.69 Å². The van der Waals surface area contributed by atoms with E-state index in [2.05, 4.69) is 16.9 Å². The van der Waals surface area contributed by atoms with Crippen LogP contribution in [0.3, 0.4) is 0 Å². The van der Waals surface area contributed by atoms with Gasteiger partial charge in [0.15, 0.2) is 0 Å². The number of aryl methyl sites for hydroxylation is 1. The van der Waals surface area contributed by atoms with Crippen molar-refractivity contribution in [3.05, 3.63) is 95.6 Å². The predicted octanol–water partition coefficient (Wildman–Crippen LogP) is 5.43. The molecule has 1 saturated heterocycles. The normalized spacial score (nSPS) is 14.5. The third-order valence-electron chi connectivity index (χ3n) is 6.58. The summed E-state index contributed by atoms with van der Waals surface area (Å²) in [7, 11) is -3.97. The van der Waals surface area contributed by atoms with Gasteiger partial charge < -0.3 is 4.74 Å². The number of halogens is 3. The third-order valence-corrected chi connectivity index (χ3v) is 7.94. The van der Waals surface area contributed by atoms with Crippen molar-refractivity contribution in [2.45, 2.75) is 43.3 Å². The average molecular weight is 561 g/mol. The monoisotopic (exact) mass is 560 g/mol. The number of unbranched alkanes of at least 4 members (excludes halogenated alkanes) is 2. The quantitative estimate of drug-likeness (QED) is 0.299. The molecule has 3 aromatic rings. The SMILES string of the molecule is O=C(NS(=O)(=O)c1ccccc1)C1CN(Cc2ccc(OCCCCCc3ccccc3)c(C(F)(F)F)c2)C1. The van der Waals surface area contributed by atoms with E-state index in [-0.39, 0.29) is 36.9 Å². The average Bonchev–Trinajstić information content (AvgIpc) is 2.88. The smallest absolute Gasteiger partial charge is 0.419 e. The number of benzene rings is 3. The van der Waals surface area contributed by atoms with E-state index in [9.17, 15) is 26.4 Å². The topological polar surface area (TPSA) is 75.7 Å². The third kappa shape index (κ3) is 8.06.